The highest BCUT2D eigenvalue weighted by molar-refractivity contribution is 5.85. The van der Waals surface area contributed by atoms with Crippen molar-refractivity contribution in [1.29, 1.82) is 0 Å². The van der Waals surface area contributed by atoms with E-state index in [1.807, 2.05) is 12.1 Å². The lowest BCUT2D eigenvalue weighted by Crippen LogP contribution is -2.46. The molecule has 5 nitrogen and oxygen atoms in total. The molecule has 0 unspecified atom stereocenters. The maximum Gasteiger partial charge on any atom is 0.220 e. The molecule has 1 aliphatic rings. The van der Waals surface area contributed by atoms with Gasteiger partial charge < -0.3 is 15.3 Å². The number of halogens is 1. The lowest BCUT2D eigenvalue weighted by atomic mass is 10.0. The van der Waals surface area contributed by atoms with Crippen LogP contribution in [0.5, 0.6) is 0 Å². The predicted molar refractivity (Wildman–Crippen MR) is 114 cm³/mol. The van der Waals surface area contributed by atoms with Crippen molar-refractivity contribution in [3.05, 3.63) is 30.1 Å². The first-order valence-electron chi connectivity index (χ1n) is 9.80. The van der Waals surface area contributed by atoms with Crippen molar-refractivity contribution in [3.8, 4) is 0 Å². The summed E-state index contributed by atoms with van der Waals surface area (Å²) >= 11 is 0. The number of nitrogens with zero attached hydrogens (tertiary/aromatic N) is 2. The first kappa shape index (κ1) is 25.8. The molecule has 1 amide bonds. The van der Waals surface area contributed by atoms with Crippen LogP contribution in [0.4, 0.5) is 0 Å². The first-order chi connectivity index (χ1) is 12.2. The van der Waals surface area contributed by atoms with Gasteiger partial charge in [0.2, 0.25) is 5.91 Å². The van der Waals surface area contributed by atoms with Crippen LogP contribution in [0.15, 0.2) is 24.5 Å². The van der Waals surface area contributed by atoms with Crippen molar-refractivity contribution >= 4 is 18.3 Å². The molecular formula is C21H38ClN3O2. The molecule has 1 aliphatic heterocycles. The largest absolute Gasteiger partial charge is 0.386 e. The standard InChI is InChI=1S/C20H33N3O2.CH4.ClH/c1-2-3-4-5-6-9-19(24)22-18(16-23-14-7-8-15-23)20(25)17-10-12-21-13-11-17;;/h10-13,18,20,25H,2-9,14-16H2,1H3,(H,22,24);1H4;1H/t18-,20-;;/m0../s1. The number of nitrogens with one attached hydrogen (secondary N) is 1. The number of aliphatic hydroxyl groups is 1. The average molecular weight is 400 g/mol. The molecule has 1 fully saturated rings. The summed E-state index contributed by atoms with van der Waals surface area (Å²) < 4.78 is 0. The fourth-order valence-corrected chi connectivity index (χ4v) is 3.43. The Morgan fingerprint density at radius 1 is 1.19 bits per heavy atom. The van der Waals surface area contributed by atoms with E-state index in [1.54, 1.807) is 12.4 Å². The molecule has 156 valence electrons. The number of unbranched alkanes of at least 4 members (excludes halogenated alkanes) is 4. The van der Waals surface area contributed by atoms with E-state index >= 15 is 0 Å². The molecule has 1 saturated heterocycles. The molecule has 0 aromatic carbocycles. The third-order valence-electron chi connectivity index (χ3n) is 4.94. The molecule has 0 radical (unpaired) electrons. The van der Waals surface area contributed by atoms with Gasteiger partial charge in [-0.1, -0.05) is 40.0 Å². The summed E-state index contributed by atoms with van der Waals surface area (Å²) in [6.45, 7) is 4.99. The molecule has 27 heavy (non-hydrogen) atoms. The average Bonchev–Trinajstić information content (AvgIpc) is 3.14. The van der Waals surface area contributed by atoms with Crippen LogP contribution in [0, 0.1) is 0 Å². The number of hydrogen-bond acceptors (Lipinski definition) is 4. The lowest BCUT2D eigenvalue weighted by molar-refractivity contribution is -0.123. The highest BCUT2D eigenvalue weighted by Gasteiger charge is 2.26. The number of carbonyl (C=O) groups is 1. The van der Waals surface area contributed by atoms with Crippen molar-refractivity contribution < 1.29 is 9.90 Å². The second-order valence-electron chi connectivity index (χ2n) is 7.07. The zero-order valence-electron chi connectivity index (χ0n) is 15.9. The van der Waals surface area contributed by atoms with Crippen molar-refractivity contribution in [2.75, 3.05) is 19.6 Å². The number of aromatic nitrogens is 1. The highest BCUT2D eigenvalue weighted by atomic mass is 35.5. The van der Waals surface area contributed by atoms with Crippen molar-refractivity contribution in [2.24, 2.45) is 0 Å². The van der Waals surface area contributed by atoms with Gasteiger partial charge in [0.05, 0.1) is 6.04 Å². The summed E-state index contributed by atoms with van der Waals surface area (Å²) in [6.07, 6.45) is 11.3. The molecule has 2 atom stereocenters. The van der Waals surface area contributed by atoms with E-state index in [9.17, 15) is 9.90 Å². The number of rotatable bonds is 11. The minimum absolute atomic E-state index is 0. The van der Waals surface area contributed by atoms with Crippen LogP contribution in [-0.4, -0.2) is 46.6 Å². The van der Waals surface area contributed by atoms with E-state index < -0.39 is 6.10 Å². The predicted octanol–water partition coefficient (Wildman–Crippen LogP) is 4.11. The van der Waals surface area contributed by atoms with Crippen molar-refractivity contribution in [3.63, 3.8) is 0 Å². The Bertz CT molecular complexity index is 495. The SMILES string of the molecule is C.CCCCCCCC(=O)N[C@@H](CN1CCCC1)[C@@H](O)c1ccncc1.Cl. The van der Waals surface area contributed by atoms with E-state index in [1.165, 1.54) is 32.1 Å². The van der Waals surface area contributed by atoms with Crippen molar-refractivity contribution in [2.45, 2.75) is 77.9 Å². The van der Waals surface area contributed by atoms with Gasteiger partial charge >= 0.3 is 0 Å². The topological polar surface area (TPSA) is 65.5 Å². The molecule has 2 N–H and O–H groups in total. The first-order valence-corrected chi connectivity index (χ1v) is 9.80. The van der Waals surface area contributed by atoms with Gasteiger partial charge in [-0.3, -0.25) is 9.78 Å². The fraction of sp³-hybridized carbons (Fsp3) is 0.714. The minimum Gasteiger partial charge on any atom is -0.386 e. The quantitative estimate of drug-likeness (QED) is 0.549. The van der Waals surface area contributed by atoms with Crippen LogP contribution in [0.3, 0.4) is 0 Å². The van der Waals surface area contributed by atoms with E-state index in [0.29, 0.717) is 13.0 Å². The van der Waals surface area contributed by atoms with Crippen LogP contribution in [0.1, 0.15) is 77.4 Å². The zero-order valence-corrected chi connectivity index (χ0v) is 16.7. The van der Waals surface area contributed by atoms with Gasteiger partial charge in [0, 0.05) is 25.4 Å². The summed E-state index contributed by atoms with van der Waals surface area (Å²) in [7, 11) is 0. The summed E-state index contributed by atoms with van der Waals surface area (Å²) in [6, 6.07) is 3.36. The molecule has 0 saturated carbocycles. The van der Waals surface area contributed by atoms with Gasteiger partial charge in [-0.25, -0.2) is 0 Å². The fourth-order valence-electron chi connectivity index (χ4n) is 3.43. The maximum atomic E-state index is 12.3. The third-order valence-corrected chi connectivity index (χ3v) is 4.94. The monoisotopic (exact) mass is 399 g/mol. The Balaban J connectivity index is 0.00000338. The van der Waals surface area contributed by atoms with Gasteiger partial charge in [0.25, 0.3) is 0 Å². The lowest BCUT2D eigenvalue weighted by Gasteiger charge is -2.28. The molecule has 2 heterocycles. The van der Waals surface area contributed by atoms with Crippen LogP contribution < -0.4 is 5.32 Å². The van der Waals surface area contributed by atoms with Crippen LogP contribution in [-0.2, 0) is 4.79 Å². The van der Waals surface area contributed by atoms with Crippen LogP contribution in [0.2, 0.25) is 0 Å². The maximum absolute atomic E-state index is 12.3. The Kier molecular flexibility index (Phi) is 14.2. The summed E-state index contributed by atoms with van der Waals surface area (Å²) in [5.41, 5.74) is 0.808. The number of amides is 1. The normalized spacial score (nSPS) is 16.1. The van der Waals surface area contributed by atoms with E-state index in [2.05, 4.69) is 22.1 Å². The second-order valence-corrected chi connectivity index (χ2v) is 7.07. The van der Waals surface area contributed by atoms with E-state index in [-0.39, 0.29) is 31.8 Å². The molecule has 1 aromatic heterocycles. The number of carbonyl (C=O) groups excluding carboxylic acids is 1. The minimum atomic E-state index is -0.701. The Hall–Kier alpha value is -1.17. The van der Waals surface area contributed by atoms with Gasteiger partial charge in [0.1, 0.15) is 6.10 Å². The smallest absolute Gasteiger partial charge is 0.220 e. The molecule has 6 heteroatoms. The number of hydrogen-bond donors (Lipinski definition) is 2. The molecule has 1 aromatic rings. The highest BCUT2D eigenvalue weighted by Crippen LogP contribution is 2.19. The van der Waals surface area contributed by atoms with E-state index in [4.69, 9.17) is 0 Å². The van der Waals surface area contributed by atoms with Gasteiger partial charge in [-0.2, -0.15) is 0 Å². The number of pyridine rings is 1. The zero-order chi connectivity index (χ0) is 17.9. The third kappa shape index (κ3) is 9.54. The van der Waals surface area contributed by atoms with Gasteiger partial charge in [-0.05, 0) is 50.0 Å². The van der Waals surface area contributed by atoms with Gasteiger partial charge in [-0.15, -0.1) is 12.4 Å². The Morgan fingerprint density at radius 2 is 1.81 bits per heavy atom. The summed E-state index contributed by atoms with van der Waals surface area (Å²) in [5, 5.41) is 13.8. The second kappa shape index (κ2) is 14.8. The van der Waals surface area contributed by atoms with Crippen molar-refractivity contribution in [1.82, 2.24) is 15.2 Å². The summed E-state index contributed by atoms with van der Waals surface area (Å²) in [5.74, 6) is 0.0498. The molecule has 0 bridgehead atoms. The number of likely N-dealkylation sites (tertiary alicyclic amines) is 1. The Morgan fingerprint density at radius 3 is 2.44 bits per heavy atom. The summed E-state index contributed by atoms with van der Waals surface area (Å²) in [4.78, 5) is 18.7. The number of aliphatic hydroxyl groups excluding tert-OH is 1. The van der Waals surface area contributed by atoms with Crippen LogP contribution >= 0.6 is 12.4 Å². The van der Waals surface area contributed by atoms with Crippen LogP contribution in [0.25, 0.3) is 0 Å². The molecule has 2 rings (SSSR count). The van der Waals surface area contributed by atoms with Gasteiger partial charge in [0.15, 0.2) is 0 Å². The molecule has 0 aliphatic carbocycles. The van der Waals surface area contributed by atoms with E-state index in [0.717, 1.165) is 31.5 Å². The molecule has 0 spiro atoms. The Labute approximate surface area is 171 Å². The molecular weight excluding hydrogens is 362 g/mol.